The van der Waals surface area contributed by atoms with Gasteiger partial charge in [0.15, 0.2) is 6.61 Å². The van der Waals surface area contributed by atoms with Crippen LogP contribution in [0.25, 0.3) is 0 Å². The van der Waals surface area contributed by atoms with Crippen LogP contribution in [-0.2, 0) is 15.0 Å². The van der Waals surface area contributed by atoms with Crippen LogP contribution in [0.2, 0.25) is 0 Å². The number of fused-ring (bicyclic) bond motifs is 1. The summed E-state index contributed by atoms with van der Waals surface area (Å²) in [6, 6.07) is 16.9. The van der Waals surface area contributed by atoms with Gasteiger partial charge in [0, 0.05) is 18.0 Å². The number of rotatable bonds is 4. The number of anilines is 1. The molecule has 0 saturated carbocycles. The van der Waals surface area contributed by atoms with E-state index in [1.54, 1.807) is 17.0 Å². The van der Waals surface area contributed by atoms with Gasteiger partial charge >= 0.3 is 0 Å². The molecule has 3 rings (SSSR count). The number of hydrogen-bond donors (Lipinski definition) is 1. The maximum Gasteiger partial charge on any atom is 0.224 e. The summed E-state index contributed by atoms with van der Waals surface area (Å²) in [5.74, 6) is -0.706. The van der Waals surface area contributed by atoms with Crippen LogP contribution in [0.3, 0.4) is 0 Å². The summed E-state index contributed by atoms with van der Waals surface area (Å²) in [6.07, 6.45) is 0. The van der Waals surface area contributed by atoms with E-state index < -0.39 is 22.8 Å². The average molecular weight is 391 g/mol. The minimum absolute atomic E-state index is 0.0377. The summed E-state index contributed by atoms with van der Waals surface area (Å²) in [6.45, 7) is 7.21. The molecule has 1 heterocycles. The number of carbonyl (C=O) groups excluding carboxylic acids is 2. The third kappa shape index (κ3) is 3.13. The Kier molecular flexibility index (Phi) is 5.10. The first kappa shape index (κ1) is 20.4. The van der Waals surface area contributed by atoms with Crippen molar-refractivity contribution in [2.24, 2.45) is 11.7 Å². The van der Waals surface area contributed by atoms with E-state index in [4.69, 9.17) is 15.7 Å². The smallest absolute Gasteiger partial charge is 0.224 e. The molecule has 0 aliphatic carbocycles. The number of amides is 2. The topological polar surface area (TPSA) is 96.4 Å². The Morgan fingerprint density at radius 3 is 2.31 bits per heavy atom. The highest BCUT2D eigenvalue weighted by Gasteiger charge is 2.57. The van der Waals surface area contributed by atoms with Crippen molar-refractivity contribution in [2.45, 2.75) is 38.6 Å². The molecule has 1 aliphatic heterocycles. The highest BCUT2D eigenvalue weighted by Crippen LogP contribution is 2.54. The van der Waals surface area contributed by atoms with Crippen molar-refractivity contribution in [3.8, 4) is 11.8 Å². The summed E-state index contributed by atoms with van der Waals surface area (Å²) in [4.78, 5) is 27.0. The molecule has 2 N–H and O–H groups in total. The lowest BCUT2D eigenvalue weighted by Crippen LogP contribution is -2.65. The average Bonchev–Trinajstić information content (AvgIpc) is 2.65. The van der Waals surface area contributed by atoms with Crippen LogP contribution in [0.5, 0.6) is 5.75 Å². The lowest BCUT2D eigenvalue weighted by molar-refractivity contribution is -0.127. The van der Waals surface area contributed by atoms with Gasteiger partial charge in [0.2, 0.25) is 11.8 Å². The summed E-state index contributed by atoms with van der Waals surface area (Å²) in [5.41, 5.74) is 6.86. The van der Waals surface area contributed by atoms with E-state index in [2.05, 4.69) is 0 Å². The van der Waals surface area contributed by atoms with E-state index in [9.17, 15) is 9.59 Å². The second-order valence-electron chi connectivity index (χ2n) is 8.03. The number of para-hydroxylation sites is 1. The Labute approximate surface area is 170 Å². The van der Waals surface area contributed by atoms with Crippen molar-refractivity contribution in [3.05, 3.63) is 59.7 Å². The maximum atomic E-state index is 12.8. The van der Waals surface area contributed by atoms with E-state index in [1.165, 1.54) is 6.92 Å². The van der Waals surface area contributed by atoms with Gasteiger partial charge in [-0.3, -0.25) is 9.59 Å². The SMILES string of the molecule is CC(=O)N1c2ccccc2C(C)(c2ccc(OCC#N)cc2)C(C(N)=O)C1(C)C. The van der Waals surface area contributed by atoms with Gasteiger partial charge in [0.05, 0.1) is 11.5 Å². The van der Waals surface area contributed by atoms with Crippen LogP contribution >= 0.6 is 0 Å². The van der Waals surface area contributed by atoms with Gasteiger partial charge in [-0.25, -0.2) is 0 Å². The Hall–Kier alpha value is -3.33. The van der Waals surface area contributed by atoms with Gasteiger partial charge in [0.1, 0.15) is 11.8 Å². The van der Waals surface area contributed by atoms with Gasteiger partial charge < -0.3 is 15.4 Å². The highest BCUT2D eigenvalue weighted by atomic mass is 16.5. The highest BCUT2D eigenvalue weighted by molar-refractivity contribution is 5.98. The molecule has 0 fully saturated rings. The van der Waals surface area contributed by atoms with Crippen LogP contribution in [0.4, 0.5) is 5.69 Å². The Balaban J connectivity index is 2.26. The van der Waals surface area contributed by atoms with Gasteiger partial charge in [-0.15, -0.1) is 0 Å². The molecule has 150 valence electrons. The van der Waals surface area contributed by atoms with E-state index in [-0.39, 0.29) is 12.5 Å². The normalized spacial score (nSPS) is 22.3. The molecule has 1 aliphatic rings. The molecule has 0 spiro atoms. The first-order valence-corrected chi connectivity index (χ1v) is 9.45. The molecule has 2 aromatic carbocycles. The second kappa shape index (κ2) is 7.25. The van der Waals surface area contributed by atoms with Gasteiger partial charge in [-0.2, -0.15) is 5.26 Å². The molecule has 2 aromatic rings. The minimum atomic E-state index is -0.837. The molecule has 0 saturated heterocycles. The van der Waals surface area contributed by atoms with Crippen molar-refractivity contribution in [1.82, 2.24) is 0 Å². The maximum absolute atomic E-state index is 12.8. The summed E-state index contributed by atoms with van der Waals surface area (Å²) >= 11 is 0. The molecule has 0 bridgehead atoms. The molecular weight excluding hydrogens is 366 g/mol. The standard InChI is InChI=1S/C23H25N3O3/c1-15(27)26-19-8-6-5-7-18(19)23(4,20(21(25)28)22(26,2)3)16-9-11-17(12-10-16)29-14-13-24/h5-12,20H,14H2,1-4H3,(H2,25,28). The zero-order valence-corrected chi connectivity index (χ0v) is 17.1. The van der Waals surface area contributed by atoms with E-state index in [0.29, 0.717) is 5.75 Å². The number of ether oxygens (including phenoxy) is 1. The molecular formula is C23H25N3O3. The zero-order valence-electron chi connectivity index (χ0n) is 17.1. The number of primary amides is 1. The number of benzene rings is 2. The molecule has 0 radical (unpaired) electrons. The van der Waals surface area contributed by atoms with E-state index >= 15 is 0 Å². The molecule has 2 atom stereocenters. The van der Waals surface area contributed by atoms with Crippen LogP contribution in [0, 0.1) is 17.2 Å². The predicted molar refractivity (Wildman–Crippen MR) is 110 cm³/mol. The quantitative estimate of drug-likeness (QED) is 0.866. The number of nitrogens with zero attached hydrogens (tertiary/aromatic N) is 2. The van der Waals surface area contributed by atoms with Crippen molar-refractivity contribution in [2.75, 3.05) is 11.5 Å². The van der Waals surface area contributed by atoms with Crippen LogP contribution in [-0.4, -0.2) is 24.0 Å². The molecule has 2 amide bonds. The lowest BCUT2D eigenvalue weighted by atomic mass is 9.57. The fourth-order valence-corrected chi connectivity index (χ4v) is 4.95. The first-order valence-electron chi connectivity index (χ1n) is 9.45. The summed E-state index contributed by atoms with van der Waals surface area (Å²) < 4.78 is 5.36. The Bertz CT molecular complexity index is 991. The third-order valence-corrected chi connectivity index (χ3v) is 5.92. The monoisotopic (exact) mass is 391 g/mol. The fraction of sp³-hybridized carbons (Fsp3) is 0.348. The first-order chi connectivity index (χ1) is 13.7. The van der Waals surface area contributed by atoms with E-state index in [1.807, 2.05) is 63.2 Å². The van der Waals surface area contributed by atoms with Gasteiger partial charge in [-0.1, -0.05) is 37.3 Å². The fourth-order valence-electron chi connectivity index (χ4n) is 4.95. The Morgan fingerprint density at radius 1 is 1.14 bits per heavy atom. The summed E-state index contributed by atoms with van der Waals surface area (Å²) in [5, 5.41) is 8.70. The van der Waals surface area contributed by atoms with Crippen molar-refractivity contribution >= 4 is 17.5 Å². The number of carbonyl (C=O) groups is 2. The molecule has 2 unspecified atom stereocenters. The Morgan fingerprint density at radius 2 is 1.76 bits per heavy atom. The summed E-state index contributed by atoms with van der Waals surface area (Å²) in [7, 11) is 0. The van der Waals surface area contributed by atoms with Crippen molar-refractivity contribution in [3.63, 3.8) is 0 Å². The van der Waals surface area contributed by atoms with Crippen molar-refractivity contribution in [1.29, 1.82) is 5.26 Å². The molecule has 0 aromatic heterocycles. The molecule has 6 heteroatoms. The van der Waals surface area contributed by atoms with Crippen LogP contribution in [0.15, 0.2) is 48.5 Å². The van der Waals surface area contributed by atoms with Crippen LogP contribution < -0.4 is 15.4 Å². The van der Waals surface area contributed by atoms with Gasteiger partial charge in [0.25, 0.3) is 0 Å². The molecule has 6 nitrogen and oxygen atoms in total. The van der Waals surface area contributed by atoms with Gasteiger partial charge in [-0.05, 0) is 43.2 Å². The van der Waals surface area contributed by atoms with Crippen LogP contribution in [0.1, 0.15) is 38.8 Å². The zero-order chi connectivity index (χ0) is 21.4. The molecule has 29 heavy (non-hydrogen) atoms. The third-order valence-electron chi connectivity index (χ3n) is 5.92. The predicted octanol–water partition coefficient (Wildman–Crippen LogP) is 3.14. The lowest BCUT2D eigenvalue weighted by Gasteiger charge is -2.55. The largest absolute Gasteiger partial charge is 0.479 e. The number of nitriles is 1. The minimum Gasteiger partial charge on any atom is -0.479 e. The van der Waals surface area contributed by atoms with E-state index in [0.717, 1.165) is 16.8 Å². The van der Waals surface area contributed by atoms with Crippen molar-refractivity contribution < 1.29 is 14.3 Å². The number of hydrogen-bond acceptors (Lipinski definition) is 4. The number of nitrogens with two attached hydrogens (primary N) is 1. The second-order valence-corrected chi connectivity index (χ2v) is 8.03.